The van der Waals surface area contributed by atoms with E-state index in [0.717, 1.165) is 12.8 Å². The minimum absolute atomic E-state index is 0.0887. The van der Waals surface area contributed by atoms with Crippen molar-refractivity contribution in [1.29, 1.82) is 0 Å². The molecule has 0 saturated heterocycles. The van der Waals surface area contributed by atoms with Crippen molar-refractivity contribution in [3.05, 3.63) is 0 Å². The molecule has 2 rings (SSSR count). The molecular weight excluding hydrogens is 148 g/mol. The van der Waals surface area contributed by atoms with Gasteiger partial charge in [-0.25, -0.2) is 8.78 Å². The number of alkyl halides is 2. The van der Waals surface area contributed by atoms with Crippen LogP contribution in [0, 0.1) is 11.8 Å². The molecule has 3 heteroatoms. The Morgan fingerprint density at radius 3 is 2.00 bits per heavy atom. The molecule has 2 fully saturated rings. The van der Waals surface area contributed by atoms with E-state index in [1.54, 1.807) is 0 Å². The van der Waals surface area contributed by atoms with Crippen molar-refractivity contribution < 1.29 is 8.78 Å². The third kappa shape index (κ3) is 1.26. The quantitative estimate of drug-likeness (QED) is 0.575. The fourth-order valence-corrected chi connectivity index (χ4v) is 2.61. The number of hydrogen-bond acceptors (Lipinski definition) is 1. The molecule has 11 heavy (non-hydrogen) atoms. The Labute approximate surface area is 65.0 Å². The van der Waals surface area contributed by atoms with E-state index in [-0.39, 0.29) is 30.7 Å². The first-order valence-electron chi connectivity index (χ1n) is 4.20. The molecule has 0 amide bonds. The lowest BCUT2D eigenvalue weighted by molar-refractivity contribution is 0.0000251. The van der Waals surface area contributed by atoms with Gasteiger partial charge in [0, 0.05) is 18.9 Å². The van der Waals surface area contributed by atoms with E-state index in [9.17, 15) is 8.78 Å². The van der Waals surface area contributed by atoms with Gasteiger partial charge in [0.15, 0.2) is 0 Å². The van der Waals surface area contributed by atoms with Crippen LogP contribution in [0.3, 0.4) is 0 Å². The van der Waals surface area contributed by atoms with Gasteiger partial charge in [-0.15, -0.1) is 0 Å². The van der Waals surface area contributed by atoms with Crippen LogP contribution >= 0.6 is 0 Å². The highest BCUT2D eigenvalue weighted by Crippen LogP contribution is 2.50. The lowest BCUT2D eigenvalue weighted by Gasteiger charge is -2.10. The molecule has 2 saturated carbocycles. The molecule has 2 N–H and O–H groups in total. The predicted octanol–water partition coefficient (Wildman–Crippen LogP) is 1.77. The molecule has 0 heterocycles. The van der Waals surface area contributed by atoms with Gasteiger partial charge in [0.05, 0.1) is 0 Å². The molecular formula is C8H13F2N. The molecule has 2 aliphatic carbocycles. The minimum atomic E-state index is -2.38. The van der Waals surface area contributed by atoms with Gasteiger partial charge >= 0.3 is 0 Å². The third-order valence-corrected chi connectivity index (χ3v) is 3.00. The van der Waals surface area contributed by atoms with Gasteiger partial charge in [-0.2, -0.15) is 0 Å². The van der Waals surface area contributed by atoms with Crippen LogP contribution in [0.5, 0.6) is 0 Å². The second kappa shape index (κ2) is 2.16. The molecule has 0 aliphatic heterocycles. The molecule has 0 radical (unpaired) electrons. The second-order valence-corrected chi connectivity index (χ2v) is 4.02. The van der Waals surface area contributed by atoms with Gasteiger partial charge in [-0.3, -0.25) is 0 Å². The van der Waals surface area contributed by atoms with Gasteiger partial charge in [0.25, 0.3) is 0 Å². The van der Waals surface area contributed by atoms with E-state index in [4.69, 9.17) is 5.73 Å². The van der Waals surface area contributed by atoms with Gasteiger partial charge in [-0.1, -0.05) is 0 Å². The van der Waals surface area contributed by atoms with Crippen molar-refractivity contribution in [1.82, 2.24) is 0 Å². The van der Waals surface area contributed by atoms with Gasteiger partial charge in [-0.05, 0) is 24.7 Å². The molecule has 64 valence electrons. The summed E-state index contributed by atoms with van der Waals surface area (Å²) in [6.45, 7) is 0. The summed E-state index contributed by atoms with van der Waals surface area (Å²) < 4.78 is 25.5. The molecule has 0 aromatic carbocycles. The summed E-state index contributed by atoms with van der Waals surface area (Å²) in [5.74, 6) is -1.94. The summed E-state index contributed by atoms with van der Waals surface area (Å²) in [5.41, 5.74) is 5.67. The number of fused-ring (bicyclic) bond motifs is 1. The van der Waals surface area contributed by atoms with Crippen LogP contribution in [0.15, 0.2) is 0 Å². The average Bonchev–Trinajstić information content (AvgIpc) is 2.17. The van der Waals surface area contributed by atoms with E-state index in [1.807, 2.05) is 0 Å². The van der Waals surface area contributed by atoms with Crippen LogP contribution in [-0.4, -0.2) is 12.0 Å². The van der Waals surface area contributed by atoms with Gasteiger partial charge < -0.3 is 5.73 Å². The topological polar surface area (TPSA) is 26.0 Å². The Balaban J connectivity index is 2.04. The Morgan fingerprint density at radius 1 is 1.09 bits per heavy atom. The monoisotopic (exact) mass is 161 g/mol. The van der Waals surface area contributed by atoms with Crippen molar-refractivity contribution >= 4 is 0 Å². The summed E-state index contributed by atoms with van der Waals surface area (Å²) >= 11 is 0. The largest absolute Gasteiger partial charge is 0.328 e. The van der Waals surface area contributed by atoms with E-state index in [1.165, 1.54) is 0 Å². The number of hydrogen-bond donors (Lipinski definition) is 1. The number of nitrogens with two attached hydrogens (primary N) is 1. The summed E-state index contributed by atoms with van der Waals surface area (Å²) in [7, 11) is 0. The van der Waals surface area contributed by atoms with Gasteiger partial charge in [0.1, 0.15) is 0 Å². The third-order valence-electron chi connectivity index (χ3n) is 3.00. The molecule has 0 aromatic heterocycles. The van der Waals surface area contributed by atoms with Crippen LogP contribution in [0.2, 0.25) is 0 Å². The maximum absolute atomic E-state index is 12.8. The average molecular weight is 161 g/mol. The van der Waals surface area contributed by atoms with Crippen molar-refractivity contribution in [2.45, 2.75) is 37.6 Å². The standard InChI is InChI=1S/C8H13F2N/c9-8(10)3-5-1-7(11)2-6(5)4-8/h5-7H,1-4,11H2. The van der Waals surface area contributed by atoms with Crippen LogP contribution < -0.4 is 5.73 Å². The number of rotatable bonds is 0. The molecule has 2 aliphatic rings. The molecule has 2 unspecified atom stereocenters. The highest BCUT2D eigenvalue weighted by molar-refractivity contribution is 4.96. The first-order valence-corrected chi connectivity index (χ1v) is 4.20. The summed E-state index contributed by atoms with van der Waals surface area (Å²) in [6, 6.07) is 0.195. The SMILES string of the molecule is NC1CC2CC(F)(F)CC2C1. The maximum Gasteiger partial charge on any atom is 0.248 e. The van der Waals surface area contributed by atoms with Gasteiger partial charge in [0.2, 0.25) is 5.92 Å². The Kier molecular flexibility index (Phi) is 1.46. The highest BCUT2D eigenvalue weighted by Gasteiger charge is 2.49. The maximum atomic E-state index is 12.8. The van der Waals surface area contributed by atoms with Crippen molar-refractivity contribution in [2.75, 3.05) is 0 Å². The zero-order valence-corrected chi connectivity index (χ0v) is 6.39. The number of halogens is 2. The zero-order valence-electron chi connectivity index (χ0n) is 6.39. The normalized spacial score (nSPS) is 47.7. The molecule has 0 aromatic rings. The lowest BCUT2D eigenvalue weighted by Crippen LogP contribution is -2.19. The van der Waals surface area contributed by atoms with E-state index < -0.39 is 5.92 Å². The van der Waals surface area contributed by atoms with Crippen LogP contribution in [0.4, 0.5) is 8.78 Å². The fraction of sp³-hybridized carbons (Fsp3) is 1.00. The van der Waals surface area contributed by atoms with E-state index in [2.05, 4.69) is 0 Å². The Bertz CT molecular complexity index is 153. The first-order chi connectivity index (χ1) is 5.07. The van der Waals surface area contributed by atoms with Crippen molar-refractivity contribution in [3.63, 3.8) is 0 Å². The van der Waals surface area contributed by atoms with Crippen molar-refractivity contribution in [3.8, 4) is 0 Å². The Hall–Kier alpha value is -0.180. The molecule has 0 spiro atoms. The summed E-state index contributed by atoms with van der Waals surface area (Å²) in [4.78, 5) is 0. The summed E-state index contributed by atoms with van der Waals surface area (Å²) in [6.07, 6.45) is 1.82. The van der Waals surface area contributed by atoms with Crippen LogP contribution in [0.1, 0.15) is 25.7 Å². The first kappa shape index (κ1) is 7.47. The fourth-order valence-electron chi connectivity index (χ4n) is 2.61. The van der Waals surface area contributed by atoms with Crippen LogP contribution in [0.25, 0.3) is 0 Å². The minimum Gasteiger partial charge on any atom is -0.328 e. The zero-order chi connectivity index (χ0) is 8.06. The Morgan fingerprint density at radius 2 is 1.55 bits per heavy atom. The van der Waals surface area contributed by atoms with E-state index in [0.29, 0.717) is 0 Å². The predicted molar refractivity (Wildman–Crippen MR) is 38.4 cm³/mol. The summed E-state index contributed by atoms with van der Waals surface area (Å²) in [5, 5.41) is 0. The second-order valence-electron chi connectivity index (χ2n) is 4.02. The lowest BCUT2D eigenvalue weighted by atomic mass is 10.0. The van der Waals surface area contributed by atoms with Crippen LogP contribution in [-0.2, 0) is 0 Å². The molecule has 2 atom stereocenters. The molecule has 0 bridgehead atoms. The van der Waals surface area contributed by atoms with Crippen molar-refractivity contribution in [2.24, 2.45) is 17.6 Å². The smallest absolute Gasteiger partial charge is 0.248 e. The highest BCUT2D eigenvalue weighted by atomic mass is 19.3. The van der Waals surface area contributed by atoms with E-state index >= 15 is 0 Å². The molecule has 1 nitrogen and oxygen atoms in total.